The fourth-order valence-electron chi connectivity index (χ4n) is 1.73. The Labute approximate surface area is 118 Å². The molecule has 0 radical (unpaired) electrons. The van der Waals surface area contributed by atoms with Gasteiger partial charge in [-0.05, 0) is 24.1 Å². The number of rotatable bonds is 5. The van der Waals surface area contributed by atoms with E-state index < -0.39 is 11.6 Å². The molecule has 0 fully saturated rings. The van der Waals surface area contributed by atoms with Crippen LogP contribution in [0.2, 0.25) is 0 Å². The molecule has 0 atom stereocenters. The van der Waals surface area contributed by atoms with Crippen LogP contribution in [0, 0.1) is 11.6 Å². The highest BCUT2D eigenvalue weighted by atomic mass is 32.1. The van der Waals surface area contributed by atoms with Crippen molar-refractivity contribution in [3.8, 4) is 0 Å². The summed E-state index contributed by atoms with van der Waals surface area (Å²) in [5, 5.41) is 4.81. The predicted octanol–water partition coefficient (Wildman–Crippen LogP) is 1.90. The van der Waals surface area contributed by atoms with Crippen molar-refractivity contribution in [2.45, 2.75) is 12.8 Å². The van der Waals surface area contributed by atoms with Crippen LogP contribution in [-0.4, -0.2) is 17.4 Å². The number of carbonyl (C=O) groups excluding carboxylic acids is 1. The summed E-state index contributed by atoms with van der Waals surface area (Å²) in [6.07, 6.45) is 0.505. The smallest absolute Gasteiger partial charge is 0.226 e. The van der Waals surface area contributed by atoms with Crippen LogP contribution in [0.25, 0.3) is 0 Å². The molecule has 0 spiro atoms. The summed E-state index contributed by atoms with van der Waals surface area (Å²) in [4.78, 5) is 15.6. The van der Waals surface area contributed by atoms with E-state index in [-0.39, 0.29) is 12.3 Å². The van der Waals surface area contributed by atoms with Gasteiger partial charge in [0.05, 0.1) is 12.1 Å². The highest BCUT2D eigenvalue weighted by Gasteiger charge is 2.06. The molecule has 4 nitrogen and oxygen atoms in total. The minimum atomic E-state index is -0.621. The third kappa shape index (κ3) is 4.27. The van der Waals surface area contributed by atoms with Gasteiger partial charge in [-0.15, -0.1) is 11.3 Å². The van der Waals surface area contributed by atoms with Crippen LogP contribution in [-0.2, 0) is 17.6 Å². The summed E-state index contributed by atoms with van der Waals surface area (Å²) in [6.45, 7) is 0.307. The summed E-state index contributed by atoms with van der Waals surface area (Å²) in [5.41, 5.74) is 6.58. The van der Waals surface area contributed by atoms with Gasteiger partial charge >= 0.3 is 0 Å². The van der Waals surface area contributed by atoms with E-state index in [0.717, 1.165) is 6.07 Å². The molecule has 7 heteroatoms. The van der Waals surface area contributed by atoms with Crippen molar-refractivity contribution in [1.29, 1.82) is 0 Å². The van der Waals surface area contributed by atoms with Crippen molar-refractivity contribution in [1.82, 2.24) is 10.3 Å². The van der Waals surface area contributed by atoms with Crippen molar-refractivity contribution in [3.05, 3.63) is 46.5 Å². The molecule has 0 saturated carbocycles. The van der Waals surface area contributed by atoms with Gasteiger partial charge in [0.15, 0.2) is 5.13 Å². The molecule has 0 aliphatic rings. The van der Waals surface area contributed by atoms with Gasteiger partial charge < -0.3 is 11.1 Å². The van der Waals surface area contributed by atoms with E-state index in [1.165, 1.54) is 23.5 Å². The maximum Gasteiger partial charge on any atom is 0.226 e. The molecule has 1 aromatic carbocycles. The zero-order chi connectivity index (χ0) is 14.5. The average Bonchev–Trinajstić information content (AvgIpc) is 2.73. The summed E-state index contributed by atoms with van der Waals surface area (Å²) >= 11 is 1.27. The second-order valence-corrected chi connectivity index (χ2v) is 5.12. The van der Waals surface area contributed by atoms with E-state index in [0.29, 0.717) is 29.4 Å². The Balaban J connectivity index is 1.79. The van der Waals surface area contributed by atoms with Crippen LogP contribution >= 0.6 is 11.3 Å². The molecular weight excluding hydrogens is 284 g/mol. The molecule has 2 aromatic rings. The number of aromatic nitrogens is 1. The lowest BCUT2D eigenvalue weighted by Gasteiger charge is -2.05. The molecular formula is C13H13F2N3OS. The molecule has 0 aliphatic heterocycles. The van der Waals surface area contributed by atoms with Crippen LogP contribution in [0.4, 0.5) is 13.9 Å². The molecule has 3 N–H and O–H groups in total. The number of nitrogen functional groups attached to an aromatic ring is 1. The number of hydrogen-bond donors (Lipinski definition) is 2. The summed E-state index contributed by atoms with van der Waals surface area (Å²) in [5.74, 6) is -1.44. The Kier molecular flexibility index (Phi) is 4.62. The van der Waals surface area contributed by atoms with Crippen LogP contribution in [0.3, 0.4) is 0 Å². The van der Waals surface area contributed by atoms with Crippen molar-refractivity contribution in [2.24, 2.45) is 0 Å². The van der Waals surface area contributed by atoms with Crippen molar-refractivity contribution < 1.29 is 13.6 Å². The maximum atomic E-state index is 13.0. The van der Waals surface area contributed by atoms with Gasteiger partial charge in [0.1, 0.15) is 11.6 Å². The van der Waals surface area contributed by atoms with Crippen LogP contribution < -0.4 is 11.1 Å². The number of thiazole rings is 1. The SMILES string of the molecule is Nc1nc(CC(=O)NCCc2cc(F)cc(F)c2)cs1. The Hall–Kier alpha value is -2.02. The number of carbonyl (C=O) groups is 1. The Morgan fingerprint density at radius 2 is 2.00 bits per heavy atom. The van der Waals surface area contributed by atoms with E-state index in [1.807, 2.05) is 0 Å². The predicted molar refractivity (Wildman–Crippen MR) is 73.3 cm³/mol. The van der Waals surface area contributed by atoms with Crippen LogP contribution in [0.1, 0.15) is 11.3 Å². The molecule has 106 valence electrons. The van der Waals surface area contributed by atoms with Gasteiger partial charge in [-0.1, -0.05) is 0 Å². The first-order valence-electron chi connectivity index (χ1n) is 5.94. The molecule has 20 heavy (non-hydrogen) atoms. The molecule has 0 saturated heterocycles. The third-order valence-electron chi connectivity index (χ3n) is 2.57. The standard InChI is InChI=1S/C13H13F2N3OS/c14-9-3-8(4-10(15)5-9)1-2-17-12(19)6-11-7-20-13(16)18-11/h3-5,7H,1-2,6H2,(H2,16,18)(H,17,19). The number of halogens is 2. The quantitative estimate of drug-likeness (QED) is 0.886. The van der Waals surface area contributed by atoms with E-state index >= 15 is 0 Å². The number of anilines is 1. The van der Waals surface area contributed by atoms with E-state index in [9.17, 15) is 13.6 Å². The average molecular weight is 297 g/mol. The first kappa shape index (κ1) is 14.4. The van der Waals surface area contributed by atoms with Crippen molar-refractivity contribution >= 4 is 22.4 Å². The second-order valence-electron chi connectivity index (χ2n) is 4.23. The van der Waals surface area contributed by atoms with Gasteiger partial charge in [0.2, 0.25) is 5.91 Å². The number of hydrogen-bond acceptors (Lipinski definition) is 4. The van der Waals surface area contributed by atoms with E-state index in [4.69, 9.17) is 5.73 Å². The number of benzene rings is 1. The molecule has 0 aliphatic carbocycles. The number of nitrogens with one attached hydrogen (secondary N) is 1. The monoisotopic (exact) mass is 297 g/mol. The van der Waals surface area contributed by atoms with E-state index in [2.05, 4.69) is 10.3 Å². The lowest BCUT2D eigenvalue weighted by molar-refractivity contribution is -0.120. The topological polar surface area (TPSA) is 68.0 Å². The first-order valence-corrected chi connectivity index (χ1v) is 6.82. The third-order valence-corrected chi connectivity index (χ3v) is 3.29. The lowest BCUT2D eigenvalue weighted by atomic mass is 10.1. The van der Waals surface area contributed by atoms with Gasteiger partial charge in [-0.25, -0.2) is 13.8 Å². The van der Waals surface area contributed by atoms with Crippen LogP contribution in [0.5, 0.6) is 0 Å². The Morgan fingerprint density at radius 1 is 1.30 bits per heavy atom. The minimum absolute atomic E-state index is 0.144. The molecule has 0 bridgehead atoms. The van der Waals surface area contributed by atoms with Gasteiger partial charge in [-0.2, -0.15) is 0 Å². The largest absolute Gasteiger partial charge is 0.375 e. The maximum absolute atomic E-state index is 13.0. The van der Waals surface area contributed by atoms with Crippen LogP contribution in [0.15, 0.2) is 23.6 Å². The fourth-order valence-corrected chi connectivity index (χ4v) is 2.30. The summed E-state index contributed by atoms with van der Waals surface area (Å²) in [6, 6.07) is 3.31. The second kappa shape index (κ2) is 6.42. The fraction of sp³-hybridized carbons (Fsp3) is 0.231. The number of nitrogens with two attached hydrogens (primary N) is 1. The Bertz CT molecular complexity index is 595. The van der Waals surface area contributed by atoms with Crippen molar-refractivity contribution in [2.75, 3.05) is 12.3 Å². The normalized spacial score (nSPS) is 10.5. The molecule has 1 aromatic heterocycles. The summed E-state index contributed by atoms with van der Waals surface area (Å²) < 4.78 is 25.9. The molecule has 1 heterocycles. The van der Waals surface area contributed by atoms with Gasteiger partial charge in [0.25, 0.3) is 0 Å². The molecule has 2 rings (SSSR count). The van der Waals surface area contributed by atoms with Gasteiger partial charge in [-0.3, -0.25) is 4.79 Å². The zero-order valence-electron chi connectivity index (χ0n) is 10.5. The number of amides is 1. The molecule has 0 unspecified atom stereocenters. The number of nitrogens with zero attached hydrogens (tertiary/aromatic N) is 1. The molecule has 1 amide bonds. The zero-order valence-corrected chi connectivity index (χ0v) is 11.3. The highest BCUT2D eigenvalue weighted by Crippen LogP contribution is 2.11. The first-order chi connectivity index (χ1) is 9.52. The summed E-state index contributed by atoms with van der Waals surface area (Å²) in [7, 11) is 0. The minimum Gasteiger partial charge on any atom is -0.375 e. The van der Waals surface area contributed by atoms with Gasteiger partial charge in [0, 0.05) is 18.0 Å². The van der Waals surface area contributed by atoms with E-state index in [1.54, 1.807) is 5.38 Å². The Morgan fingerprint density at radius 3 is 2.60 bits per heavy atom. The van der Waals surface area contributed by atoms with Crippen molar-refractivity contribution in [3.63, 3.8) is 0 Å². The highest BCUT2D eigenvalue weighted by molar-refractivity contribution is 7.13. The lowest BCUT2D eigenvalue weighted by Crippen LogP contribution is -2.27.